The summed E-state index contributed by atoms with van der Waals surface area (Å²) in [5.74, 6) is 0. The van der Waals surface area contributed by atoms with Crippen molar-refractivity contribution in [2.75, 3.05) is 0 Å². The minimum absolute atomic E-state index is 0.0998. The van der Waals surface area contributed by atoms with Gasteiger partial charge in [-0.05, 0) is 35.5 Å². The Hall–Kier alpha value is -1.26. The van der Waals surface area contributed by atoms with Crippen LogP contribution in [0.25, 0.3) is 0 Å². The fourth-order valence-corrected chi connectivity index (χ4v) is 2.92. The number of rotatable bonds is 6. The number of aryl methyl sites for hydroxylation is 2. The maximum Gasteiger partial charge on any atom is 0.0807 e. The van der Waals surface area contributed by atoms with Gasteiger partial charge in [0, 0.05) is 0 Å². The molecular formula is C15H21N3S. The van der Waals surface area contributed by atoms with E-state index in [1.807, 2.05) is 0 Å². The summed E-state index contributed by atoms with van der Waals surface area (Å²) in [6.07, 6.45) is 4.32. The highest BCUT2D eigenvalue weighted by atomic mass is 32.1. The molecule has 0 aliphatic rings. The van der Waals surface area contributed by atoms with Gasteiger partial charge in [-0.25, -0.2) is 0 Å². The summed E-state index contributed by atoms with van der Waals surface area (Å²) >= 11 is 1.42. The van der Waals surface area contributed by atoms with Gasteiger partial charge in [-0.15, -0.1) is 5.10 Å². The minimum Gasteiger partial charge on any atom is -0.320 e. The molecule has 0 aliphatic heterocycles. The molecule has 0 saturated carbocycles. The van der Waals surface area contributed by atoms with Crippen molar-refractivity contribution in [3.05, 3.63) is 46.0 Å². The molecular weight excluding hydrogens is 254 g/mol. The molecule has 0 bridgehead atoms. The second-order valence-electron chi connectivity index (χ2n) is 4.80. The zero-order valence-electron chi connectivity index (χ0n) is 11.6. The third-order valence-electron chi connectivity index (χ3n) is 3.23. The Kier molecular flexibility index (Phi) is 5.05. The van der Waals surface area contributed by atoms with Crippen molar-refractivity contribution < 1.29 is 0 Å². The minimum atomic E-state index is -0.0998. The van der Waals surface area contributed by atoms with Crippen LogP contribution in [0.4, 0.5) is 0 Å². The molecule has 0 fully saturated rings. The highest BCUT2D eigenvalue weighted by Gasteiger charge is 2.16. The van der Waals surface area contributed by atoms with Crippen LogP contribution in [-0.4, -0.2) is 9.59 Å². The van der Waals surface area contributed by atoms with Gasteiger partial charge in [0.25, 0.3) is 0 Å². The van der Waals surface area contributed by atoms with Crippen molar-refractivity contribution in [2.24, 2.45) is 5.73 Å². The molecule has 0 aliphatic carbocycles. The lowest BCUT2D eigenvalue weighted by Gasteiger charge is -2.11. The monoisotopic (exact) mass is 275 g/mol. The maximum absolute atomic E-state index is 6.35. The molecule has 2 N–H and O–H groups in total. The van der Waals surface area contributed by atoms with Gasteiger partial charge in [0.05, 0.1) is 16.6 Å². The largest absolute Gasteiger partial charge is 0.320 e. The van der Waals surface area contributed by atoms with Crippen molar-refractivity contribution in [2.45, 2.75) is 45.6 Å². The third-order valence-corrected chi connectivity index (χ3v) is 4.08. The predicted octanol–water partition coefficient (Wildman–Crippen LogP) is 3.49. The number of aromatic nitrogens is 2. The van der Waals surface area contributed by atoms with Crippen LogP contribution >= 0.6 is 11.5 Å². The first-order valence-electron chi connectivity index (χ1n) is 6.91. The fraction of sp³-hybridized carbons (Fsp3) is 0.467. The quantitative estimate of drug-likeness (QED) is 0.878. The number of nitrogens with two attached hydrogens (primary N) is 1. The van der Waals surface area contributed by atoms with E-state index in [0.717, 1.165) is 35.4 Å². The van der Waals surface area contributed by atoms with Gasteiger partial charge in [0.15, 0.2) is 0 Å². The van der Waals surface area contributed by atoms with E-state index in [2.05, 4.69) is 47.7 Å². The first-order chi connectivity index (χ1) is 9.26. The highest BCUT2D eigenvalue weighted by Crippen LogP contribution is 2.26. The van der Waals surface area contributed by atoms with E-state index in [1.54, 1.807) is 0 Å². The van der Waals surface area contributed by atoms with Crippen LogP contribution in [0.1, 0.15) is 54.4 Å². The molecule has 1 unspecified atom stereocenters. The third kappa shape index (κ3) is 3.39. The SMILES string of the molecule is CCCc1ccc(C(N)c2snnc2CCC)cc1. The Balaban J connectivity index is 2.18. The number of hydrogen-bond donors (Lipinski definition) is 1. The van der Waals surface area contributed by atoms with Crippen LogP contribution in [0.3, 0.4) is 0 Å². The summed E-state index contributed by atoms with van der Waals surface area (Å²) < 4.78 is 4.05. The maximum atomic E-state index is 6.35. The zero-order chi connectivity index (χ0) is 13.7. The van der Waals surface area contributed by atoms with Gasteiger partial charge in [-0.1, -0.05) is 55.4 Å². The smallest absolute Gasteiger partial charge is 0.0807 e. The standard InChI is InChI=1S/C15H21N3S/c1-3-5-11-7-9-12(10-8-11)14(16)15-13(6-4-2)17-18-19-15/h7-10,14H,3-6,16H2,1-2H3. The van der Waals surface area contributed by atoms with E-state index in [1.165, 1.54) is 23.5 Å². The average molecular weight is 275 g/mol. The Morgan fingerprint density at radius 2 is 1.79 bits per heavy atom. The van der Waals surface area contributed by atoms with Gasteiger partial charge in [-0.3, -0.25) is 0 Å². The number of nitrogens with zero attached hydrogens (tertiary/aromatic N) is 2. The fourth-order valence-electron chi connectivity index (χ4n) is 2.19. The first kappa shape index (κ1) is 14.2. The molecule has 1 atom stereocenters. The van der Waals surface area contributed by atoms with Crippen LogP contribution in [0, 0.1) is 0 Å². The van der Waals surface area contributed by atoms with E-state index < -0.39 is 0 Å². The lowest BCUT2D eigenvalue weighted by atomic mass is 10.0. The summed E-state index contributed by atoms with van der Waals surface area (Å²) in [5, 5.41) is 4.19. The molecule has 3 nitrogen and oxygen atoms in total. The second kappa shape index (κ2) is 6.78. The summed E-state index contributed by atoms with van der Waals surface area (Å²) in [5.41, 5.74) is 9.91. The van der Waals surface area contributed by atoms with Crippen LogP contribution in [0.2, 0.25) is 0 Å². The van der Waals surface area contributed by atoms with Gasteiger partial charge >= 0.3 is 0 Å². The van der Waals surface area contributed by atoms with E-state index >= 15 is 0 Å². The molecule has 1 aromatic carbocycles. The molecule has 19 heavy (non-hydrogen) atoms. The molecule has 2 rings (SSSR count). The average Bonchev–Trinajstić information content (AvgIpc) is 2.88. The van der Waals surface area contributed by atoms with E-state index in [9.17, 15) is 0 Å². The Morgan fingerprint density at radius 1 is 1.11 bits per heavy atom. The summed E-state index contributed by atoms with van der Waals surface area (Å²) in [4.78, 5) is 1.10. The summed E-state index contributed by atoms with van der Waals surface area (Å²) in [7, 11) is 0. The Labute approximate surface area is 119 Å². The van der Waals surface area contributed by atoms with Gasteiger partial charge in [-0.2, -0.15) is 0 Å². The molecule has 102 valence electrons. The molecule has 0 radical (unpaired) electrons. The molecule has 2 aromatic rings. The Bertz CT molecular complexity index is 504. The lowest BCUT2D eigenvalue weighted by molar-refractivity contribution is 0.813. The molecule has 0 saturated heterocycles. The Morgan fingerprint density at radius 3 is 2.42 bits per heavy atom. The molecule has 1 heterocycles. The van der Waals surface area contributed by atoms with E-state index in [4.69, 9.17) is 5.73 Å². The van der Waals surface area contributed by atoms with E-state index in [-0.39, 0.29) is 6.04 Å². The number of hydrogen-bond acceptors (Lipinski definition) is 4. The van der Waals surface area contributed by atoms with Gasteiger partial charge in [0.1, 0.15) is 0 Å². The van der Waals surface area contributed by atoms with Crippen LogP contribution in [0.15, 0.2) is 24.3 Å². The normalized spacial score (nSPS) is 12.6. The van der Waals surface area contributed by atoms with Crippen LogP contribution in [0.5, 0.6) is 0 Å². The zero-order valence-corrected chi connectivity index (χ0v) is 12.4. The molecule has 1 aromatic heterocycles. The molecule has 0 amide bonds. The lowest BCUT2D eigenvalue weighted by Crippen LogP contribution is -2.12. The molecule has 0 spiro atoms. The highest BCUT2D eigenvalue weighted by molar-refractivity contribution is 7.05. The van der Waals surface area contributed by atoms with Gasteiger partial charge in [0.2, 0.25) is 0 Å². The van der Waals surface area contributed by atoms with Crippen LogP contribution < -0.4 is 5.73 Å². The number of benzene rings is 1. The van der Waals surface area contributed by atoms with Crippen molar-refractivity contribution in [1.82, 2.24) is 9.59 Å². The van der Waals surface area contributed by atoms with E-state index in [0.29, 0.717) is 0 Å². The first-order valence-corrected chi connectivity index (χ1v) is 7.69. The summed E-state index contributed by atoms with van der Waals surface area (Å²) in [6.45, 7) is 4.34. The molecule has 4 heteroatoms. The van der Waals surface area contributed by atoms with Crippen molar-refractivity contribution in [1.29, 1.82) is 0 Å². The summed E-state index contributed by atoms with van der Waals surface area (Å²) in [6, 6.07) is 8.51. The second-order valence-corrected chi connectivity index (χ2v) is 5.59. The van der Waals surface area contributed by atoms with Crippen molar-refractivity contribution >= 4 is 11.5 Å². The predicted molar refractivity (Wildman–Crippen MR) is 80.4 cm³/mol. The topological polar surface area (TPSA) is 51.8 Å². The van der Waals surface area contributed by atoms with Crippen molar-refractivity contribution in [3.63, 3.8) is 0 Å². The van der Waals surface area contributed by atoms with Crippen LogP contribution in [-0.2, 0) is 12.8 Å². The van der Waals surface area contributed by atoms with Crippen molar-refractivity contribution in [3.8, 4) is 0 Å². The van der Waals surface area contributed by atoms with Gasteiger partial charge < -0.3 is 5.73 Å².